The van der Waals surface area contributed by atoms with Crippen LogP contribution in [0.4, 0.5) is 30.6 Å². The zero-order chi connectivity index (χ0) is 22.1. The summed E-state index contributed by atoms with van der Waals surface area (Å²) in [4.78, 5) is 26.2. The van der Waals surface area contributed by atoms with E-state index in [1.165, 1.54) is 0 Å². The number of aryl methyl sites for hydroxylation is 1. The number of anilines is 3. The number of halogens is 3. The topological polar surface area (TPSA) is 118 Å². The maximum Gasteiger partial charge on any atom is 0.432 e. The number of nitrogens with one attached hydrogen (secondary N) is 2. The lowest BCUT2D eigenvalue weighted by molar-refractivity contribution is -0.117. The van der Waals surface area contributed by atoms with Crippen LogP contribution in [0.25, 0.3) is 0 Å². The Balaban J connectivity index is 1.66. The third-order valence-electron chi connectivity index (χ3n) is 5.04. The van der Waals surface area contributed by atoms with Crippen LogP contribution in [0.1, 0.15) is 19.0 Å². The highest BCUT2D eigenvalue weighted by atomic mass is 19.4. The fourth-order valence-electron chi connectivity index (χ4n) is 3.26. The van der Waals surface area contributed by atoms with Crippen molar-refractivity contribution in [3.8, 4) is 0 Å². The molecular formula is C18H24F3N7O2. The van der Waals surface area contributed by atoms with Gasteiger partial charge in [-0.1, -0.05) is 0 Å². The molecule has 0 bridgehead atoms. The molecule has 2 aliphatic rings. The van der Waals surface area contributed by atoms with Crippen LogP contribution >= 0.6 is 0 Å². The quantitative estimate of drug-likeness (QED) is 0.611. The van der Waals surface area contributed by atoms with E-state index in [-0.39, 0.29) is 31.1 Å². The van der Waals surface area contributed by atoms with Crippen molar-refractivity contribution in [2.75, 3.05) is 35.7 Å². The molecule has 1 aromatic heterocycles. The number of fused-ring (bicyclic) bond motifs is 1. The van der Waals surface area contributed by atoms with E-state index >= 15 is 0 Å². The number of allylic oxidation sites excluding steroid dienone is 1. The van der Waals surface area contributed by atoms with Crippen LogP contribution in [-0.2, 0) is 9.53 Å². The molecule has 1 fully saturated rings. The summed E-state index contributed by atoms with van der Waals surface area (Å²) < 4.78 is 44.2. The first-order chi connectivity index (χ1) is 14.1. The Morgan fingerprint density at radius 2 is 2.20 bits per heavy atom. The number of amides is 1. The smallest absolute Gasteiger partial charge is 0.405 e. The number of ether oxygens (including phenoxy) is 1. The number of hydrogen-bond donors (Lipinski definition) is 3. The molecule has 0 aliphatic carbocycles. The SMILES string of the molecule is Cc1nc(N[C@H]2CO[C@H](CN=C(/C=C\N)C(F)(F)F)C2)nc2c1NC(=O)[C@H](C)N2C. The van der Waals surface area contributed by atoms with Gasteiger partial charge in [0, 0.05) is 7.05 Å². The van der Waals surface area contributed by atoms with Crippen LogP contribution in [0.3, 0.4) is 0 Å². The standard InChI is InChI=1S/C18H24F3N7O2/c1-9-14-15(28(3)10(2)16(29)26-14)27-17(24-9)25-11-6-12(30-8-11)7-23-13(4-5-22)18(19,20)21/h4-5,10-12H,6-8,22H2,1-3H3,(H,26,29)(H,24,25,27)/b5-4-,23-13?/t10-,11+,12-/m0/s1. The predicted octanol–water partition coefficient (Wildman–Crippen LogP) is 1.61. The van der Waals surface area contributed by atoms with Gasteiger partial charge in [0.05, 0.1) is 31.0 Å². The summed E-state index contributed by atoms with van der Waals surface area (Å²) in [6.07, 6.45) is -3.05. The number of carbonyl (C=O) groups is 1. The number of hydrogen-bond acceptors (Lipinski definition) is 8. The molecule has 30 heavy (non-hydrogen) atoms. The molecule has 9 nitrogen and oxygen atoms in total. The first-order valence-corrected chi connectivity index (χ1v) is 9.40. The van der Waals surface area contributed by atoms with Crippen molar-refractivity contribution >= 4 is 29.1 Å². The number of alkyl halides is 3. The van der Waals surface area contributed by atoms with Crippen molar-refractivity contribution in [1.29, 1.82) is 0 Å². The molecule has 2 aliphatic heterocycles. The number of likely N-dealkylation sites (N-methyl/N-ethyl adjacent to an activating group) is 1. The van der Waals surface area contributed by atoms with E-state index < -0.39 is 18.0 Å². The van der Waals surface area contributed by atoms with Gasteiger partial charge in [-0.2, -0.15) is 18.2 Å². The van der Waals surface area contributed by atoms with Gasteiger partial charge in [0.1, 0.15) is 17.4 Å². The molecule has 0 saturated carbocycles. The third kappa shape index (κ3) is 4.64. The van der Waals surface area contributed by atoms with Gasteiger partial charge in [-0.05, 0) is 32.5 Å². The van der Waals surface area contributed by atoms with Gasteiger partial charge in [0.2, 0.25) is 11.9 Å². The van der Waals surface area contributed by atoms with Gasteiger partial charge >= 0.3 is 6.18 Å². The Bertz CT molecular complexity index is 872. The van der Waals surface area contributed by atoms with Crippen molar-refractivity contribution < 1.29 is 22.7 Å². The molecule has 12 heteroatoms. The average molecular weight is 427 g/mol. The number of carbonyl (C=O) groups excluding carboxylic acids is 1. The van der Waals surface area contributed by atoms with E-state index in [0.29, 0.717) is 29.6 Å². The van der Waals surface area contributed by atoms with Gasteiger partial charge in [-0.3, -0.25) is 9.79 Å². The van der Waals surface area contributed by atoms with E-state index in [2.05, 4.69) is 25.6 Å². The second-order valence-corrected chi connectivity index (χ2v) is 7.22. The molecule has 0 spiro atoms. The summed E-state index contributed by atoms with van der Waals surface area (Å²) in [5, 5.41) is 5.97. The van der Waals surface area contributed by atoms with Gasteiger partial charge in [0.25, 0.3) is 0 Å². The monoisotopic (exact) mass is 427 g/mol. The summed E-state index contributed by atoms with van der Waals surface area (Å²) >= 11 is 0. The number of aliphatic imine (C=N–C) groups is 1. The van der Waals surface area contributed by atoms with Crippen molar-refractivity contribution in [3.05, 3.63) is 18.0 Å². The van der Waals surface area contributed by atoms with Crippen molar-refractivity contribution in [2.45, 2.75) is 44.6 Å². The molecule has 3 heterocycles. The molecular weight excluding hydrogens is 403 g/mol. The number of aromatic nitrogens is 2. The summed E-state index contributed by atoms with van der Waals surface area (Å²) in [5.41, 5.74) is 5.19. The van der Waals surface area contributed by atoms with Crippen LogP contribution in [0.2, 0.25) is 0 Å². The third-order valence-corrected chi connectivity index (χ3v) is 5.04. The van der Waals surface area contributed by atoms with Gasteiger partial charge in [-0.15, -0.1) is 0 Å². The molecule has 4 N–H and O–H groups in total. The molecule has 0 aromatic carbocycles. The van der Waals surface area contributed by atoms with E-state index in [4.69, 9.17) is 10.5 Å². The Morgan fingerprint density at radius 3 is 2.87 bits per heavy atom. The first-order valence-electron chi connectivity index (χ1n) is 9.40. The van der Waals surface area contributed by atoms with Crippen LogP contribution in [0, 0.1) is 6.92 Å². The number of nitrogens with zero attached hydrogens (tertiary/aromatic N) is 4. The minimum absolute atomic E-state index is 0.131. The molecule has 1 aromatic rings. The Kier molecular flexibility index (Phi) is 6.15. The molecule has 1 saturated heterocycles. The molecule has 3 atom stereocenters. The van der Waals surface area contributed by atoms with E-state index in [9.17, 15) is 18.0 Å². The molecule has 3 rings (SSSR count). The van der Waals surface area contributed by atoms with E-state index in [1.807, 2.05) is 0 Å². The maximum atomic E-state index is 12.9. The highest BCUT2D eigenvalue weighted by Gasteiger charge is 2.35. The van der Waals surface area contributed by atoms with Crippen LogP contribution < -0.4 is 21.3 Å². The average Bonchev–Trinajstić information content (AvgIpc) is 3.11. The highest BCUT2D eigenvalue weighted by molar-refractivity contribution is 6.03. The lowest BCUT2D eigenvalue weighted by Gasteiger charge is -2.32. The molecule has 0 unspecified atom stereocenters. The lowest BCUT2D eigenvalue weighted by atomic mass is 10.1. The summed E-state index contributed by atoms with van der Waals surface area (Å²) in [6, 6.07) is -0.551. The fourth-order valence-corrected chi connectivity index (χ4v) is 3.26. The van der Waals surface area contributed by atoms with Gasteiger partial charge in [0.15, 0.2) is 5.82 Å². The summed E-state index contributed by atoms with van der Waals surface area (Å²) in [6.45, 7) is 3.69. The zero-order valence-electron chi connectivity index (χ0n) is 16.8. The largest absolute Gasteiger partial charge is 0.432 e. The van der Waals surface area contributed by atoms with Crippen LogP contribution in [-0.4, -0.2) is 66.2 Å². The number of rotatable bonds is 5. The van der Waals surface area contributed by atoms with E-state index in [0.717, 1.165) is 12.3 Å². The second-order valence-electron chi connectivity index (χ2n) is 7.22. The maximum absolute atomic E-state index is 12.9. The predicted molar refractivity (Wildman–Crippen MR) is 107 cm³/mol. The number of nitrogens with two attached hydrogens (primary N) is 1. The Morgan fingerprint density at radius 1 is 1.47 bits per heavy atom. The lowest BCUT2D eigenvalue weighted by Crippen LogP contribution is -2.45. The van der Waals surface area contributed by atoms with Crippen molar-refractivity contribution in [3.63, 3.8) is 0 Å². The highest BCUT2D eigenvalue weighted by Crippen LogP contribution is 2.32. The second kappa shape index (κ2) is 8.46. The zero-order valence-corrected chi connectivity index (χ0v) is 16.8. The Hall–Kier alpha value is -2.89. The van der Waals surface area contributed by atoms with Crippen molar-refractivity contribution in [1.82, 2.24) is 9.97 Å². The minimum atomic E-state index is -4.57. The van der Waals surface area contributed by atoms with E-state index in [1.54, 1.807) is 25.8 Å². The summed E-state index contributed by atoms with van der Waals surface area (Å²) in [5.74, 6) is 0.828. The first kappa shape index (κ1) is 21.8. The minimum Gasteiger partial charge on any atom is -0.405 e. The molecule has 164 valence electrons. The van der Waals surface area contributed by atoms with Crippen LogP contribution in [0.5, 0.6) is 0 Å². The van der Waals surface area contributed by atoms with Gasteiger partial charge < -0.3 is 26.0 Å². The summed E-state index contributed by atoms with van der Waals surface area (Å²) in [7, 11) is 1.78. The van der Waals surface area contributed by atoms with Crippen molar-refractivity contribution in [2.24, 2.45) is 10.7 Å². The molecule has 0 radical (unpaired) electrons. The molecule has 1 amide bonds. The van der Waals surface area contributed by atoms with Gasteiger partial charge in [-0.25, -0.2) is 4.98 Å². The fraction of sp³-hybridized carbons (Fsp3) is 0.556. The normalized spacial score (nSPS) is 24.9. The van der Waals surface area contributed by atoms with Crippen LogP contribution in [0.15, 0.2) is 17.3 Å². The Labute approximate surface area is 171 Å².